The molecule has 2 aromatic carbocycles. The lowest BCUT2D eigenvalue weighted by Crippen LogP contribution is -1.99. The Morgan fingerprint density at radius 1 is 1.14 bits per heavy atom. The van der Waals surface area contributed by atoms with Crippen LogP contribution in [0.2, 0.25) is 5.02 Å². The summed E-state index contributed by atoms with van der Waals surface area (Å²) in [6.07, 6.45) is 1.70. The van der Waals surface area contributed by atoms with E-state index in [9.17, 15) is 0 Å². The molecule has 0 aliphatic carbocycles. The Hall–Kier alpha value is -1.54. The summed E-state index contributed by atoms with van der Waals surface area (Å²) in [6.45, 7) is 0. The van der Waals surface area contributed by atoms with Crippen molar-refractivity contribution < 1.29 is 0 Å². The SMILES string of the molecule is Clc1ccc2c3c(cccc13)NC=N2. The lowest BCUT2D eigenvalue weighted by Gasteiger charge is -2.13. The van der Waals surface area contributed by atoms with Crippen LogP contribution < -0.4 is 5.32 Å². The van der Waals surface area contributed by atoms with Gasteiger partial charge < -0.3 is 5.32 Å². The van der Waals surface area contributed by atoms with Gasteiger partial charge in [-0.1, -0.05) is 23.7 Å². The molecule has 2 nitrogen and oxygen atoms in total. The molecule has 0 radical (unpaired) electrons. The lowest BCUT2D eigenvalue weighted by atomic mass is 10.1. The van der Waals surface area contributed by atoms with Gasteiger partial charge in [0, 0.05) is 21.5 Å². The third-order valence-electron chi connectivity index (χ3n) is 2.39. The zero-order valence-corrected chi connectivity index (χ0v) is 8.05. The highest BCUT2D eigenvalue weighted by atomic mass is 35.5. The number of nitrogens with one attached hydrogen (secondary N) is 1. The molecule has 1 heterocycles. The fraction of sp³-hybridized carbons (Fsp3) is 0. The van der Waals surface area contributed by atoms with Crippen LogP contribution in [-0.2, 0) is 0 Å². The van der Waals surface area contributed by atoms with Gasteiger partial charge >= 0.3 is 0 Å². The summed E-state index contributed by atoms with van der Waals surface area (Å²) in [5.74, 6) is 0. The molecule has 0 saturated heterocycles. The first-order chi connectivity index (χ1) is 6.86. The van der Waals surface area contributed by atoms with Crippen molar-refractivity contribution in [2.75, 3.05) is 5.32 Å². The van der Waals surface area contributed by atoms with Crippen LogP contribution in [0.4, 0.5) is 11.4 Å². The second kappa shape index (κ2) is 2.72. The van der Waals surface area contributed by atoms with Crippen LogP contribution in [-0.4, -0.2) is 6.34 Å². The van der Waals surface area contributed by atoms with Crippen LogP contribution in [0.3, 0.4) is 0 Å². The van der Waals surface area contributed by atoms with E-state index in [0.717, 1.165) is 27.2 Å². The molecule has 0 fully saturated rings. The van der Waals surface area contributed by atoms with E-state index in [1.54, 1.807) is 6.34 Å². The van der Waals surface area contributed by atoms with Gasteiger partial charge in [-0.15, -0.1) is 0 Å². The molecule has 0 aromatic heterocycles. The van der Waals surface area contributed by atoms with Crippen molar-refractivity contribution >= 4 is 40.1 Å². The Balaban J connectivity index is 2.56. The van der Waals surface area contributed by atoms with Crippen LogP contribution in [0.15, 0.2) is 35.3 Å². The average Bonchev–Trinajstić information content (AvgIpc) is 2.24. The minimum atomic E-state index is 0.768. The van der Waals surface area contributed by atoms with Crippen molar-refractivity contribution in [3.8, 4) is 0 Å². The van der Waals surface area contributed by atoms with E-state index in [0.29, 0.717) is 0 Å². The Bertz CT molecular complexity index is 546. The van der Waals surface area contributed by atoms with Gasteiger partial charge in [-0.05, 0) is 18.2 Å². The van der Waals surface area contributed by atoms with Crippen LogP contribution in [0, 0.1) is 0 Å². The van der Waals surface area contributed by atoms with Crippen LogP contribution in [0.25, 0.3) is 10.8 Å². The molecule has 0 atom stereocenters. The molecule has 0 unspecified atom stereocenters. The maximum atomic E-state index is 6.10. The monoisotopic (exact) mass is 202 g/mol. The zero-order valence-electron chi connectivity index (χ0n) is 7.29. The fourth-order valence-corrected chi connectivity index (χ4v) is 1.97. The number of benzene rings is 2. The predicted molar refractivity (Wildman–Crippen MR) is 60.7 cm³/mol. The number of hydrogen-bond acceptors (Lipinski definition) is 2. The van der Waals surface area contributed by atoms with Gasteiger partial charge in [-0.2, -0.15) is 0 Å². The molecule has 14 heavy (non-hydrogen) atoms. The molecule has 0 bridgehead atoms. The summed E-state index contributed by atoms with van der Waals surface area (Å²) < 4.78 is 0. The topological polar surface area (TPSA) is 24.4 Å². The summed E-state index contributed by atoms with van der Waals surface area (Å²) >= 11 is 6.10. The largest absolute Gasteiger partial charge is 0.346 e. The molecule has 1 N–H and O–H groups in total. The normalized spacial score (nSPS) is 12.9. The van der Waals surface area contributed by atoms with Crippen molar-refractivity contribution in [3.63, 3.8) is 0 Å². The Morgan fingerprint density at radius 2 is 2.07 bits per heavy atom. The number of aliphatic imine (C=N–C) groups is 1. The van der Waals surface area contributed by atoms with E-state index in [2.05, 4.69) is 10.3 Å². The first kappa shape index (κ1) is 7.83. The minimum absolute atomic E-state index is 0.768. The Morgan fingerprint density at radius 3 is 3.00 bits per heavy atom. The Kier molecular flexibility index (Phi) is 1.52. The highest BCUT2D eigenvalue weighted by Gasteiger charge is 2.10. The van der Waals surface area contributed by atoms with Crippen molar-refractivity contribution in [2.24, 2.45) is 4.99 Å². The van der Waals surface area contributed by atoms with Crippen molar-refractivity contribution in [1.29, 1.82) is 0 Å². The molecule has 2 aromatic rings. The van der Waals surface area contributed by atoms with Gasteiger partial charge in [0.25, 0.3) is 0 Å². The van der Waals surface area contributed by atoms with E-state index in [1.807, 2.05) is 30.3 Å². The van der Waals surface area contributed by atoms with E-state index < -0.39 is 0 Å². The fourth-order valence-electron chi connectivity index (χ4n) is 1.75. The van der Waals surface area contributed by atoms with Gasteiger partial charge in [0.2, 0.25) is 0 Å². The zero-order chi connectivity index (χ0) is 9.54. The molecule has 1 aliphatic heterocycles. The quantitative estimate of drug-likeness (QED) is 0.694. The summed E-state index contributed by atoms with van der Waals surface area (Å²) in [6, 6.07) is 9.83. The first-order valence-electron chi connectivity index (χ1n) is 4.36. The van der Waals surface area contributed by atoms with E-state index >= 15 is 0 Å². The second-order valence-electron chi connectivity index (χ2n) is 3.20. The van der Waals surface area contributed by atoms with Crippen molar-refractivity contribution in [1.82, 2.24) is 0 Å². The van der Waals surface area contributed by atoms with Gasteiger partial charge in [0.1, 0.15) is 0 Å². The van der Waals surface area contributed by atoms with Gasteiger partial charge in [0.05, 0.1) is 12.0 Å². The third-order valence-corrected chi connectivity index (χ3v) is 2.72. The molecule has 0 saturated carbocycles. The third kappa shape index (κ3) is 0.946. The number of nitrogens with zero attached hydrogens (tertiary/aromatic N) is 1. The smallest absolute Gasteiger partial charge is 0.0930 e. The van der Waals surface area contributed by atoms with Crippen molar-refractivity contribution in [3.05, 3.63) is 35.4 Å². The number of rotatable bonds is 0. The Labute approximate surface area is 86.2 Å². The number of hydrogen-bond donors (Lipinski definition) is 1. The van der Waals surface area contributed by atoms with Crippen LogP contribution >= 0.6 is 11.6 Å². The molecular weight excluding hydrogens is 196 g/mol. The van der Waals surface area contributed by atoms with Gasteiger partial charge in [0.15, 0.2) is 0 Å². The molecule has 68 valence electrons. The van der Waals surface area contributed by atoms with Gasteiger partial charge in [-0.3, -0.25) is 0 Å². The minimum Gasteiger partial charge on any atom is -0.346 e. The average molecular weight is 203 g/mol. The molecule has 0 spiro atoms. The maximum absolute atomic E-state index is 6.10. The lowest BCUT2D eigenvalue weighted by molar-refractivity contribution is 1.53. The molecular formula is C11H7ClN2. The summed E-state index contributed by atoms with van der Waals surface area (Å²) in [5.41, 5.74) is 2.04. The first-order valence-corrected chi connectivity index (χ1v) is 4.74. The highest BCUT2D eigenvalue weighted by molar-refractivity contribution is 6.36. The highest BCUT2D eigenvalue weighted by Crippen LogP contribution is 2.37. The summed E-state index contributed by atoms with van der Waals surface area (Å²) in [7, 11) is 0. The summed E-state index contributed by atoms with van der Waals surface area (Å²) in [5, 5.41) is 6.02. The van der Waals surface area contributed by atoms with Gasteiger partial charge in [-0.25, -0.2) is 4.99 Å². The predicted octanol–water partition coefficient (Wildman–Crippen LogP) is 3.58. The van der Waals surface area contributed by atoms with E-state index in [-0.39, 0.29) is 0 Å². The molecule has 3 rings (SSSR count). The maximum Gasteiger partial charge on any atom is 0.0930 e. The number of anilines is 1. The van der Waals surface area contributed by atoms with E-state index in [1.165, 1.54) is 0 Å². The second-order valence-corrected chi connectivity index (χ2v) is 3.60. The van der Waals surface area contributed by atoms with Crippen molar-refractivity contribution in [2.45, 2.75) is 0 Å². The molecule has 1 aliphatic rings. The standard InChI is InChI=1S/C11H7ClN2/c12-8-4-5-10-11-7(8)2-1-3-9(11)13-6-14-10/h1-6H,(H,13,14). The van der Waals surface area contributed by atoms with E-state index in [4.69, 9.17) is 11.6 Å². The number of halogens is 1. The van der Waals surface area contributed by atoms with Crippen LogP contribution in [0.5, 0.6) is 0 Å². The van der Waals surface area contributed by atoms with Crippen LogP contribution in [0.1, 0.15) is 0 Å². The molecule has 3 heteroatoms. The molecule has 0 amide bonds. The summed E-state index contributed by atoms with van der Waals surface area (Å²) in [4.78, 5) is 4.26.